The summed E-state index contributed by atoms with van der Waals surface area (Å²) in [6, 6.07) is 4.48. The highest BCUT2D eigenvalue weighted by Crippen LogP contribution is 2.31. The van der Waals surface area contributed by atoms with Crippen molar-refractivity contribution in [2.75, 3.05) is 5.32 Å². The van der Waals surface area contributed by atoms with Crippen LogP contribution in [0.5, 0.6) is 0 Å². The second-order valence-electron chi connectivity index (χ2n) is 8.91. The first-order valence-corrected chi connectivity index (χ1v) is 10.5. The molecule has 0 saturated carbocycles. The molecule has 1 aromatic heterocycles. The average Bonchev–Trinajstić information content (AvgIpc) is 3.20. The molecule has 170 valence electrons. The lowest BCUT2D eigenvalue weighted by Gasteiger charge is -2.25. The zero-order valence-corrected chi connectivity index (χ0v) is 19.1. The molecule has 2 atom stereocenters. The maximum atomic E-state index is 13.0. The Labute approximate surface area is 183 Å². The number of aliphatic hydroxyl groups excluding tert-OH is 1. The Balaban J connectivity index is 2.25. The molecule has 2 aromatic rings. The van der Waals surface area contributed by atoms with Crippen LogP contribution in [0.3, 0.4) is 0 Å². The molecule has 3 N–H and O–H groups in total. The third-order valence-electron chi connectivity index (χ3n) is 4.49. The van der Waals surface area contributed by atoms with E-state index in [4.69, 9.17) is 9.15 Å². The third-order valence-corrected chi connectivity index (χ3v) is 4.49. The molecule has 2 amide bonds. The fraction of sp³-hybridized carbons (Fsp3) is 0.522. The number of hydrogen-bond donors (Lipinski definition) is 3. The van der Waals surface area contributed by atoms with E-state index in [9.17, 15) is 14.7 Å². The molecule has 8 heteroatoms. The number of anilines is 1. The molecule has 0 spiro atoms. The predicted molar refractivity (Wildman–Crippen MR) is 118 cm³/mol. The molecule has 0 aliphatic heterocycles. The number of benzene rings is 1. The van der Waals surface area contributed by atoms with Gasteiger partial charge in [-0.3, -0.25) is 4.79 Å². The summed E-state index contributed by atoms with van der Waals surface area (Å²) < 4.78 is 10.6. The number of alkyl carbamates (subject to hydrolysis) is 1. The second kappa shape index (κ2) is 10.4. The average molecular weight is 432 g/mol. The van der Waals surface area contributed by atoms with E-state index in [-0.39, 0.29) is 11.8 Å². The quantitative estimate of drug-likeness (QED) is 0.560. The van der Waals surface area contributed by atoms with Crippen molar-refractivity contribution >= 4 is 17.7 Å². The molecule has 0 aliphatic rings. The van der Waals surface area contributed by atoms with Crippen LogP contribution in [-0.4, -0.2) is 33.7 Å². The van der Waals surface area contributed by atoms with Crippen LogP contribution < -0.4 is 10.6 Å². The number of hydrogen-bond acceptors (Lipinski definition) is 6. The lowest BCUT2D eigenvalue weighted by Crippen LogP contribution is -2.46. The molecule has 1 aromatic carbocycles. The second-order valence-corrected chi connectivity index (χ2v) is 8.91. The maximum Gasteiger partial charge on any atom is 0.408 e. The summed E-state index contributed by atoms with van der Waals surface area (Å²) in [6.07, 6.45) is 2.39. The summed E-state index contributed by atoms with van der Waals surface area (Å²) in [5, 5.41) is 16.0. The molecule has 1 heterocycles. The summed E-state index contributed by atoms with van der Waals surface area (Å²) in [7, 11) is 0. The number of ether oxygens (including phenoxy) is 1. The van der Waals surface area contributed by atoms with Crippen molar-refractivity contribution in [3.05, 3.63) is 36.4 Å². The van der Waals surface area contributed by atoms with Crippen LogP contribution in [0.1, 0.15) is 66.1 Å². The van der Waals surface area contributed by atoms with Gasteiger partial charge in [0.05, 0.1) is 12.3 Å². The fourth-order valence-electron chi connectivity index (χ4n) is 3.06. The van der Waals surface area contributed by atoms with Crippen molar-refractivity contribution < 1.29 is 23.8 Å². The van der Waals surface area contributed by atoms with Gasteiger partial charge in [-0.2, -0.15) is 0 Å². The van der Waals surface area contributed by atoms with Crippen molar-refractivity contribution in [2.45, 2.75) is 72.1 Å². The van der Waals surface area contributed by atoms with E-state index in [1.54, 1.807) is 45.2 Å². The van der Waals surface area contributed by atoms with Crippen molar-refractivity contribution in [1.29, 1.82) is 0 Å². The van der Waals surface area contributed by atoms with Crippen LogP contribution in [-0.2, 0) is 9.53 Å². The van der Waals surface area contributed by atoms with Gasteiger partial charge in [0, 0.05) is 16.8 Å². The molecule has 31 heavy (non-hydrogen) atoms. The zero-order valence-electron chi connectivity index (χ0n) is 19.1. The van der Waals surface area contributed by atoms with E-state index in [2.05, 4.69) is 15.6 Å². The third kappa shape index (κ3) is 7.40. The standard InChI is InChI=1S/C23H33N3O5/c1-7-19(27)16-11-15(20-12-24-13-30-20)8-9-17(16)25-21(28)18(10-14(2)3)26-22(29)31-23(4,5)6/h8-9,11-14,18-19,27H,7,10H2,1-6H3,(H,25,28)(H,26,29). The fourth-order valence-corrected chi connectivity index (χ4v) is 3.06. The van der Waals surface area contributed by atoms with Gasteiger partial charge in [-0.1, -0.05) is 20.8 Å². The highest BCUT2D eigenvalue weighted by Gasteiger charge is 2.26. The van der Waals surface area contributed by atoms with Crippen LogP contribution >= 0.6 is 0 Å². The number of aliphatic hydroxyl groups is 1. The number of nitrogens with one attached hydrogen (secondary N) is 2. The lowest BCUT2D eigenvalue weighted by molar-refractivity contribution is -0.118. The van der Waals surface area contributed by atoms with Gasteiger partial charge >= 0.3 is 6.09 Å². The van der Waals surface area contributed by atoms with Crippen LogP contribution in [0, 0.1) is 5.92 Å². The van der Waals surface area contributed by atoms with Crippen molar-refractivity contribution in [3.63, 3.8) is 0 Å². The van der Waals surface area contributed by atoms with Gasteiger partial charge in [0.25, 0.3) is 0 Å². The van der Waals surface area contributed by atoms with E-state index < -0.39 is 23.8 Å². The van der Waals surface area contributed by atoms with Crippen molar-refractivity contribution in [3.8, 4) is 11.3 Å². The first-order valence-electron chi connectivity index (χ1n) is 10.5. The Bertz CT molecular complexity index is 872. The topological polar surface area (TPSA) is 114 Å². The SMILES string of the molecule is CCC(O)c1cc(-c2cnco2)ccc1NC(=O)C(CC(C)C)NC(=O)OC(C)(C)C. The Morgan fingerprint density at radius 2 is 1.97 bits per heavy atom. The number of aromatic nitrogens is 1. The normalized spacial score (nSPS) is 13.5. The number of carbonyl (C=O) groups excluding carboxylic acids is 2. The Morgan fingerprint density at radius 3 is 2.52 bits per heavy atom. The van der Waals surface area contributed by atoms with Crippen LogP contribution in [0.15, 0.2) is 35.2 Å². The molecule has 2 unspecified atom stereocenters. The van der Waals surface area contributed by atoms with Gasteiger partial charge in [-0.05, 0) is 57.7 Å². The predicted octanol–water partition coefficient (Wildman–Crippen LogP) is 4.66. The van der Waals surface area contributed by atoms with E-state index in [1.165, 1.54) is 6.39 Å². The Hall–Kier alpha value is -2.87. The first kappa shape index (κ1) is 24.4. The minimum atomic E-state index is -0.782. The summed E-state index contributed by atoms with van der Waals surface area (Å²) in [4.78, 5) is 29.2. The number of oxazole rings is 1. The van der Waals surface area contributed by atoms with E-state index in [1.807, 2.05) is 20.8 Å². The van der Waals surface area contributed by atoms with E-state index in [0.29, 0.717) is 29.9 Å². The van der Waals surface area contributed by atoms with Gasteiger partial charge < -0.3 is 24.9 Å². The summed E-state index contributed by atoms with van der Waals surface area (Å²) in [6.45, 7) is 11.1. The minimum Gasteiger partial charge on any atom is -0.444 e. The zero-order chi connectivity index (χ0) is 23.2. The van der Waals surface area contributed by atoms with Gasteiger partial charge in [-0.25, -0.2) is 9.78 Å². The molecular weight excluding hydrogens is 398 g/mol. The largest absolute Gasteiger partial charge is 0.444 e. The Morgan fingerprint density at radius 1 is 1.26 bits per heavy atom. The van der Waals surface area contributed by atoms with Crippen LogP contribution in [0.4, 0.5) is 10.5 Å². The summed E-state index contributed by atoms with van der Waals surface area (Å²) in [5.74, 6) is 0.350. The van der Waals surface area contributed by atoms with Gasteiger partial charge in [0.2, 0.25) is 5.91 Å². The Kier molecular flexibility index (Phi) is 8.21. The highest BCUT2D eigenvalue weighted by atomic mass is 16.6. The first-order chi connectivity index (χ1) is 14.5. The molecule has 0 bridgehead atoms. The molecule has 0 saturated heterocycles. The number of carbonyl (C=O) groups is 2. The van der Waals surface area contributed by atoms with Gasteiger partial charge in [0.15, 0.2) is 12.2 Å². The van der Waals surface area contributed by atoms with Crippen LogP contribution in [0.25, 0.3) is 11.3 Å². The van der Waals surface area contributed by atoms with E-state index in [0.717, 1.165) is 5.56 Å². The minimum absolute atomic E-state index is 0.167. The van der Waals surface area contributed by atoms with Crippen molar-refractivity contribution in [2.24, 2.45) is 5.92 Å². The van der Waals surface area contributed by atoms with Gasteiger partial charge in [0.1, 0.15) is 11.6 Å². The van der Waals surface area contributed by atoms with Crippen molar-refractivity contribution in [1.82, 2.24) is 10.3 Å². The number of amides is 2. The molecule has 0 aliphatic carbocycles. The smallest absolute Gasteiger partial charge is 0.408 e. The summed E-state index contributed by atoms with van der Waals surface area (Å²) in [5.41, 5.74) is 1.11. The van der Waals surface area contributed by atoms with Crippen LogP contribution in [0.2, 0.25) is 0 Å². The molecule has 0 fully saturated rings. The molecule has 0 radical (unpaired) electrons. The monoisotopic (exact) mass is 431 g/mol. The number of rotatable bonds is 8. The maximum absolute atomic E-state index is 13.0. The number of nitrogens with zero attached hydrogens (tertiary/aromatic N) is 1. The lowest BCUT2D eigenvalue weighted by atomic mass is 9.99. The van der Waals surface area contributed by atoms with E-state index >= 15 is 0 Å². The molecule has 8 nitrogen and oxygen atoms in total. The molecular formula is C23H33N3O5. The van der Waals surface area contributed by atoms with Gasteiger partial charge in [-0.15, -0.1) is 0 Å². The summed E-state index contributed by atoms with van der Waals surface area (Å²) >= 11 is 0. The molecule has 2 rings (SSSR count). The highest BCUT2D eigenvalue weighted by molar-refractivity contribution is 5.97.